The second-order valence-electron chi connectivity index (χ2n) is 6.99. The molecule has 174 valence electrons. The highest BCUT2D eigenvalue weighted by Crippen LogP contribution is 2.32. The van der Waals surface area contributed by atoms with Crippen LogP contribution in [0, 0.1) is 0 Å². The average Bonchev–Trinajstić information content (AvgIpc) is 3.32. The number of ether oxygens (including phenoxy) is 5. The molecule has 0 fully saturated rings. The Morgan fingerprint density at radius 2 is 1.76 bits per heavy atom. The van der Waals surface area contributed by atoms with Gasteiger partial charge in [0.25, 0.3) is 5.91 Å². The molecule has 0 radical (unpaired) electrons. The Morgan fingerprint density at radius 1 is 0.971 bits per heavy atom. The molecule has 9 heteroatoms. The number of para-hydroxylation sites is 2. The number of rotatable bonds is 9. The first-order valence-electron chi connectivity index (χ1n) is 10.5. The van der Waals surface area contributed by atoms with E-state index in [1.807, 2.05) is 13.0 Å². The van der Waals surface area contributed by atoms with Gasteiger partial charge in [0.1, 0.15) is 5.75 Å². The zero-order chi connectivity index (χ0) is 23.8. The summed E-state index contributed by atoms with van der Waals surface area (Å²) in [4.78, 5) is 24.5. The quantitative estimate of drug-likeness (QED) is 0.224. The fourth-order valence-electron chi connectivity index (χ4n) is 3.05. The van der Waals surface area contributed by atoms with Gasteiger partial charge in [-0.2, -0.15) is 5.10 Å². The van der Waals surface area contributed by atoms with Gasteiger partial charge in [0.2, 0.25) is 6.79 Å². The third-order valence-electron chi connectivity index (χ3n) is 4.59. The summed E-state index contributed by atoms with van der Waals surface area (Å²) in [5, 5.41) is 3.92. The van der Waals surface area contributed by atoms with E-state index in [1.165, 1.54) is 6.21 Å². The van der Waals surface area contributed by atoms with E-state index in [1.54, 1.807) is 60.7 Å². The van der Waals surface area contributed by atoms with Crippen molar-refractivity contribution in [2.24, 2.45) is 5.10 Å². The van der Waals surface area contributed by atoms with Gasteiger partial charge in [-0.1, -0.05) is 24.3 Å². The van der Waals surface area contributed by atoms with E-state index >= 15 is 0 Å². The molecule has 0 saturated carbocycles. The van der Waals surface area contributed by atoms with Crippen LogP contribution in [0.5, 0.6) is 28.7 Å². The fourth-order valence-corrected chi connectivity index (χ4v) is 3.05. The van der Waals surface area contributed by atoms with Crippen LogP contribution in [0.1, 0.15) is 22.8 Å². The summed E-state index contributed by atoms with van der Waals surface area (Å²) in [5.41, 5.74) is 3.35. The number of nitrogens with one attached hydrogen (secondary N) is 1. The zero-order valence-electron chi connectivity index (χ0n) is 18.4. The second kappa shape index (κ2) is 10.9. The van der Waals surface area contributed by atoms with Gasteiger partial charge in [0.15, 0.2) is 29.6 Å². The van der Waals surface area contributed by atoms with Crippen LogP contribution in [0.4, 0.5) is 0 Å². The van der Waals surface area contributed by atoms with E-state index in [0.717, 1.165) is 0 Å². The number of hydrazone groups is 1. The molecular formula is C25H22N2O7. The van der Waals surface area contributed by atoms with Crippen LogP contribution in [0.15, 0.2) is 71.8 Å². The summed E-state index contributed by atoms with van der Waals surface area (Å²) < 4.78 is 26.9. The molecule has 1 aliphatic heterocycles. The number of hydrogen-bond donors (Lipinski definition) is 1. The molecule has 0 bridgehead atoms. The van der Waals surface area contributed by atoms with E-state index in [0.29, 0.717) is 46.5 Å². The maximum absolute atomic E-state index is 12.5. The molecule has 1 N–H and O–H groups in total. The topological polar surface area (TPSA) is 105 Å². The monoisotopic (exact) mass is 462 g/mol. The first-order chi connectivity index (χ1) is 16.6. The molecule has 3 aromatic rings. The number of amides is 1. The van der Waals surface area contributed by atoms with Crippen LogP contribution in [-0.4, -0.2) is 38.1 Å². The molecule has 9 nitrogen and oxygen atoms in total. The average molecular weight is 462 g/mol. The standard InChI is InChI=1S/C25H22N2O7/c1-2-30-20-8-3-4-9-21(20)31-15-24(28)27-26-14-17-6-5-7-19(12-17)34-25(29)18-10-11-22-23(13-18)33-16-32-22/h3-14H,2,15-16H2,1H3,(H,27,28)/b26-14-. The molecule has 1 aliphatic rings. The SMILES string of the molecule is CCOc1ccccc1OCC(=O)N/N=C\c1cccc(OC(=O)c2ccc3c(c2)OCO3)c1. The Labute approximate surface area is 195 Å². The van der Waals surface area contributed by atoms with Crippen molar-refractivity contribution >= 4 is 18.1 Å². The van der Waals surface area contributed by atoms with Crippen molar-refractivity contribution in [3.63, 3.8) is 0 Å². The lowest BCUT2D eigenvalue weighted by Gasteiger charge is -2.10. The molecule has 34 heavy (non-hydrogen) atoms. The maximum atomic E-state index is 12.5. The molecule has 0 unspecified atom stereocenters. The van der Waals surface area contributed by atoms with Crippen molar-refractivity contribution in [2.75, 3.05) is 20.0 Å². The fraction of sp³-hybridized carbons (Fsp3) is 0.160. The number of esters is 1. The molecule has 0 saturated heterocycles. The zero-order valence-corrected chi connectivity index (χ0v) is 18.4. The van der Waals surface area contributed by atoms with Crippen molar-refractivity contribution < 1.29 is 33.3 Å². The van der Waals surface area contributed by atoms with Gasteiger partial charge in [-0.3, -0.25) is 4.79 Å². The first-order valence-corrected chi connectivity index (χ1v) is 10.5. The largest absolute Gasteiger partial charge is 0.490 e. The Hall–Kier alpha value is -4.53. The highest BCUT2D eigenvalue weighted by atomic mass is 16.7. The summed E-state index contributed by atoms with van der Waals surface area (Å²) in [7, 11) is 0. The predicted molar refractivity (Wildman–Crippen MR) is 123 cm³/mol. The number of nitrogens with zero attached hydrogens (tertiary/aromatic N) is 1. The molecule has 1 amide bonds. The summed E-state index contributed by atoms with van der Waals surface area (Å²) in [5.74, 6) is 1.47. The van der Waals surface area contributed by atoms with E-state index in [-0.39, 0.29) is 13.4 Å². The maximum Gasteiger partial charge on any atom is 0.343 e. The van der Waals surface area contributed by atoms with Crippen LogP contribution in [-0.2, 0) is 4.79 Å². The lowest BCUT2D eigenvalue weighted by molar-refractivity contribution is -0.123. The summed E-state index contributed by atoms with van der Waals surface area (Å²) >= 11 is 0. The van der Waals surface area contributed by atoms with Crippen molar-refractivity contribution in [2.45, 2.75) is 6.92 Å². The highest BCUT2D eigenvalue weighted by molar-refractivity contribution is 5.92. The lowest BCUT2D eigenvalue weighted by atomic mass is 10.2. The molecule has 0 aromatic heterocycles. The van der Waals surface area contributed by atoms with Crippen LogP contribution in [0.2, 0.25) is 0 Å². The number of hydrogen-bond acceptors (Lipinski definition) is 8. The smallest absolute Gasteiger partial charge is 0.343 e. The van der Waals surface area contributed by atoms with Crippen molar-refractivity contribution in [3.8, 4) is 28.7 Å². The number of fused-ring (bicyclic) bond motifs is 1. The van der Waals surface area contributed by atoms with Gasteiger partial charge in [0.05, 0.1) is 18.4 Å². The number of benzene rings is 3. The van der Waals surface area contributed by atoms with Gasteiger partial charge in [0, 0.05) is 0 Å². The van der Waals surface area contributed by atoms with E-state index in [9.17, 15) is 9.59 Å². The minimum atomic E-state index is -0.537. The van der Waals surface area contributed by atoms with Crippen molar-refractivity contribution in [1.82, 2.24) is 5.43 Å². The minimum Gasteiger partial charge on any atom is -0.490 e. The Balaban J connectivity index is 1.29. The molecule has 0 aliphatic carbocycles. The summed E-state index contributed by atoms with van der Waals surface area (Å²) in [6, 6.07) is 18.7. The highest BCUT2D eigenvalue weighted by Gasteiger charge is 2.17. The van der Waals surface area contributed by atoms with Gasteiger partial charge < -0.3 is 23.7 Å². The normalized spacial score (nSPS) is 11.8. The van der Waals surface area contributed by atoms with Crippen LogP contribution in [0.3, 0.4) is 0 Å². The predicted octanol–water partition coefficient (Wildman–Crippen LogP) is 3.56. The van der Waals surface area contributed by atoms with E-state index in [2.05, 4.69) is 10.5 Å². The number of carbonyl (C=O) groups is 2. The third kappa shape index (κ3) is 5.83. The first kappa shape index (κ1) is 22.7. The van der Waals surface area contributed by atoms with E-state index in [4.69, 9.17) is 23.7 Å². The van der Waals surface area contributed by atoms with Crippen molar-refractivity contribution in [1.29, 1.82) is 0 Å². The third-order valence-corrected chi connectivity index (χ3v) is 4.59. The van der Waals surface area contributed by atoms with Gasteiger partial charge >= 0.3 is 5.97 Å². The molecule has 4 rings (SSSR count). The van der Waals surface area contributed by atoms with Gasteiger partial charge in [-0.15, -0.1) is 0 Å². The van der Waals surface area contributed by atoms with Crippen LogP contribution in [0.25, 0.3) is 0 Å². The Morgan fingerprint density at radius 3 is 2.59 bits per heavy atom. The van der Waals surface area contributed by atoms with Gasteiger partial charge in [-0.25, -0.2) is 10.2 Å². The lowest BCUT2D eigenvalue weighted by Crippen LogP contribution is -2.24. The van der Waals surface area contributed by atoms with E-state index < -0.39 is 11.9 Å². The molecular weight excluding hydrogens is 440 g/mol. The van der Waals surface area contributed by atoms with Gasteiger partial charge in [-0.05, 0) is 55.0 Å². The molecule has 0 spiro atoms. The second-order valence-corrected chi connectivity index (χ2v) is 6.99. The Bertz CT molecular complexity index is 1210. The molecule has 1 heterocycles. The van der Waals surface area contributed by atoms with Crippen LogP contribution >= 0.6 is 0 Å². The van der Waals surface area contributed by atoms with Crippen LogP contribution < -0.4 is 29.1 Å². The molecule has 3 aromatic carbocycles. The molecule has 0 atom stereocenters. The van der Waals surface area contributed by atoms with Crippen molar-refractivity contribution in [3.05, 3.63) is 77.9 Å². The minimum absolute atomic E-state index is 0.123. The Kier molecular flexibility index (Phi) is 7.24. The summed E-state index contributed by atoms with van der Waals surface area (Å²) in [6.07, 6.45) is 1.43. The number of carbonyl (C=O) groups excluding carboxylic acids is 2. The summed E-state index contributed by atoms with van der Waals surface area (Å²) in [6.45, 7) is 2.25.